The Labute approximate surface area is 68.2 Å². The minimum atomic E-state index is -0.194. The summed E-state index contributed by atoms with van der Waals surface area (Å²) in [5, 5.41) is 0. The number of carbonyl (C=O) groups is 1. The van der Waals surface area contributed by atoms with E-state index >= 15 is 0 Å². The van der Waals surface area contributed by atoms with Gasteiger partial charge in [-0.2, -0.15) is 0 Å². The molecule has 0 unspecified atom stereocenters. The van der Waals surface area contributed by atoms with Gasteiger partial charge in [-0.15, -0.1) is 0 Å². The van der Waals surface area contributed by atoms with Gasteiger partial charge in [-0.1, -0.05) is 26.3 Å². The second-order valence-electron chi connectivity index (χ2n) is 2.36. The summed E-state index contributed by atoms with van der Waals surface area (Å²) in [6.07, 6.45) is 4.73. The molecule has 0 bridgehead atoms. The highest BCUT2D eigenvalue weighted by molar-refractivity contribution is 5.88. The van der Waals surface area contributed by atoms with Crippen molar-refractivity contribution >= 4 is 5.97 Å². The topological polar surface area (TPSA) is 26.3 Å². The predicted octanol–water partition coefficient (Wildman–Crippen LogP) is 2.30. The third-order valence-electron chi connectivity index (χ3n) is 1.51. The first-order valence-electron chi connectivity index (χ1n) is 4.03. The van der Waals surface area contributed by atoms with Crippen LogP contribution in [0.5, 0.6) is 0 Å². The molecule has 0 fully saturated rings. The van der Waals surface area contributed by atoms with Crippen LogP contribution in [-0.4, -0.2) is 13.1 Å². The third-order valence-corrected chi connectivity index (χ3v) is 1.51. The molecule has 0 atom stereocenters. The maximum atomic E-state index is 11.0. The van der Waals surface area contributed by atoms with Crippen molar-refractivity contribution in [1.29, 1.82) is 0 Å². The number of esters is 1. The number of hydrogen-bond acceptors (Lipinski definition) is 2. The number of rotatable bonds is 4. The van der Waals surface area contributed by atoms with Gasteiger partial charge in [0.05, 0.1) is 7.11 Å². The van der Waals surface area contributed by atoms with E-state index in [0.717, 1.165) is 24.8 Å². The molecule has 0 aliphatic carbocycles. The van der Waals surface area contributed by atoms with E-state index in [9.17, 15) is 4.79 Å². The zero-order valence-corrected chi connectivity index (χ0v) is 7.52. The SMILES string of the molecule is CCC/C=C(\CC)C(=O)OC. The number of ether oxygens (including phenoxy) is 1. The van der Waals surface area contributed by atoms with Crippen molar-refractivity contribution in [3.63, 3.8) is 0 Å². The highest BCUT2D eigenvalue weighted by Crippen LogP contribution is 2.05. The summed E-state index contributed by atoms with van der Waals surface area (Å²) in [7, 11) is 1.41. The summed E-state index contributed by atoms with van der Waals surface area (Å²) in [6, 6.07) is 0. The molecule has 0 aromatic rings. The predicted molar refractivity (Wildman–Crippen MR) is 45.3 cm³/mol. The summed E-state index contributed by atoms with van der Waals surface area (Å²) < 4.78 is 4.59. The zero-order chi connectivity index (χ0) is 8.69. The normalized spacial score (nSPS) is 11.4. The molecule has 0 amide bonds. The summed E-state index contributed by atoms with van der Waals surface area (Å²) in [6.45, 7) is 4.04. The molecule has 0 aromatic carbocycles. The monoisotopic (exact) mass is 156 g/mol. The van der Waals surface area contributed by atoms with E-state index in [-0.39, 0.29) is 5.97 Å². The first kappa shape index (κ1) is 10.2. The largest absolute Gasteiger partial charge is 0.466 e. The lowest BCUT2D eigenvalue weighted by molar-refractivity contribution is -0.136. The fourth-order valence-corrected chi connectivity index (χ4v) is 0.822. The average Bonchev–Trinajstić information content (AvgIpc) is 2.05. The molecular weight excluding hydrogens is 140 g/mol. The zero-order valence-electron chi connectivity index (χ0n) is 7.52. The van der Waals surface area contributed by atoms with Gasteiger partial charge in [0.15, 0.2) is 0 Å². The van der Waals surface area contributed by atoms with Crippen LogP contribution in [0.2, 0.25) is 0 Å². The molecule has 0 aliphatic rings. The number of methoxy groups -OCH3 is 1. The molecule has 0 spiro atoms. The summed E-state index contributed by atoms with van der Waals surface area (Å²) in [4.78, 5) is 11.0. The second-order valence-corrected chi connectivity index (χ2v) is 2.36. The van der Waals surface area contributed by atoms with E-state index in [2.05, 4.69) is 11.7 Å². The van der Waals surface area contributed by atoms with Crippen LogP contribution in [0.3, 0.4) is 0 Å². The van der Waals surface area contributed by atoms with Crippen LogP contribution >= 0.6 is 0 Å². The van der Waals surface area contributed by atoms with Crippen molar-refractivity contribution in [2.75, 3.05) is 7.11 Å². The maximum absolute atomic E-state index is 11.0. The molecule has 0 rings (SSSR count). The molecule has 0 aromatic heterocycles. The number of carbonyl (C=O) groups excluding carboxylic acids is 1. The van der Waals surface area contributed by atoms with E-state index in [1.807, 2.05) is 13.0 Å². The molecule has 11 heavy (non-hydrogen) atoms. The van der Waals surface area contributed by atoms with Crippen LogP contribution < -0.4 is 0 Å². The number of unbranched alkanes of at least 4 members (excludes halogenated alkanes) is 1. The van der Waals surface area contributed by atoms with Crippen LogP contribution in [0.4, 0.5) is 0 Å². The number of hydrogen-bond donors (Lipinski definition) is 0. The van der Waals surface area contributed by atoms with Gasteiger partial charge in [0, 0.05) is 5.57 Å². The Morgan fingerprint density at radius 1 is 1.45 bits per heavy atom. The van der Waals surface area contributed by atoms with Crippen molar-refractivity contribution in [3.8, 4) is 0 Å². The molecule has 2 nitrogen and oxygen atoms in total. The summed E-state index contributed by atoms with van der Waals surface area (Å²) in [5.74, 6) is -0.194. The van der Waals surface area contributed by atoms with Crippen LogP contribution in [0.15, 0.2) is 11.6 Å². The van der Waals surface area contributed by atoms with Gasteiger partial charge in [-0.3, -0.25) is 0 Å². The van der Waals surface area contributed by atoms with Gasteiger partial charge < -0.3 is 4.74 Å². The Kier molecular flexibility index (Phi) is 5.53. The van der Waals surface area contributed by atoms with Crippen LogP contribution in [0.1, 0.15) is 33.1 Å². The highest BCUT2D eigenvalue weighted by atomic mass is 16.5. The second kappa shape index (κ2) is 5.96. The average molecular weight is 156 g/mol. The maximum Gasteiger partial charge on any atom is 0.333 e. The van der Waals surface area contributed by atoms with Crippen molar-refractivity contribution in [3.05, 3.63) is 11.6 Å². The van der Waals surface area contributed by atoms with Gasteiger partial charge in [0.1, 0.15) is 0 Å². The fourth-order valence-electron chi connectivity index (χ4n) is 0.822. The van der Waals surface area contributed by atoms with E-state index in [4.69, 9.17) is 0 Å². The Bertz CT molecular complexity index is 148. The van der Waals surface area contributed by atoms with E-state index in [1.54, 1.807) is 0 Å². The summed E-state index contributed by atoms with van der Waals surface area (Å²) >= 11 is 0. The Balaban J connectivity index is 4.03. The van der Waals surface area contributed by atoms with Gasteiger partial charge in [-0.05, 0) is 12.8 Å². The lowest BCUT2D eigenvalue weighted by Crippen LogP contribution is -2.03. The fraction of sp³-hybridized carbons (Fsp3) is 0.667. The van der Waals surface area contributed by atoms with E-state index in [0.29, 0.717) is 0 Å². The molecular formula is C9H16O2. The Hall–Kier alpha value is -0.790. The summed E-state index contributed by atoms with van der Waals surface area (Å²) in [5.41, 5.74) is 0.786. The smallest absolute Gasteiger partial charge is 0.333 e. The minimum absolute atomic E-state index is 0.194. The lowest BCUT2D eigenvalue weighted by atomic mass is 10.1. The molecule has 0 saturated heterocycles. The molecule has 0 aliphatic heterocycles. The molecule has 0 heterocycles. The van der Waals surface area contributed by atoms with Crippen molar-refractivity contribution in [2.24, 2.45) is 0 Å². The minimum Gasteiger partial charge on any atom is -0.466 e. The van der Waals surface area contributed by atoms with E-state index in [1.165, 1.54) is 7.11 Å². The van der Waals surface area contributed by atoms with Gasteiger partial charge >= 0.3 is 5.97 Å². The van der Waals surface area contributed by atoms with Gasteiger partial charge in [0.2, 0.25) is 0 Å². The molecule has 0 saturated carbocycles. The first-order chi connectivity index (χ1) is 5.26. The molecule has 64 valence electrons. The van der Waals surface area contributed by atoms with Crippen LogP contribution in [0.25, 0.3) is 0 Å². The molecule has 2 heteroatoms. The molecule has 0 N–H and O–H groups in total. The highest BCUT2D eigenvalue weighted by Gasteiger charge is 2.04. The Morgan fingerprint density at radius 3 is 2.45 bits per heavy atom. The Morgan fingerprint density at radius 2 is 2.09 bits per heavy atom. The van der Waals surface area contributed by atoms with Crippen molar-refractivity contribution < 1.29 is 9.53 Å². The standard InChI is InChI=1S/C9H16O2/c1-4-6-7-8(5-2)9(10)11-3/h7H,4-6H2,1-3H3/b8-7+. The van der Waals surface area contributed by atoms with Gasteiger partial charge in [0.25, 0.3) is 0 Å². The van der Waals surface area contributed by atoms with Crippen molar-refractivity contribution in [1.82, 2.24) is 0 Å². The van der Waals surface area contributed by atoms with Gasteiger partial charge in [-0.25, -0.2) is 4.79 Å². The van der Waals surface area contributed by atoms with Crippen molar-refractivity contribution in [2.45, 2.75) is 33.1 Å². The lowest BCUT2D eigenvalue weighted by Gasteiger charge is -2.00. The number of allylic oxidation sites excluding steroid dienone is 1. The molecule has 0 radical (unpaired) electrons. The van der Waals surface area contributed by atoms with Crippen LogP contribution in [0, 0.1) is 0 Å². The quantitative estimate of drug-likeness (QED) is 0.461. The van der Waals surface area contributed by atoms with Crippen LogP contribution in [-0.2, 0) is 9.53 Å². The third kappa shape index (κ3) is 3.81. The van der Waals surface area contributed by atoms with E-state index < -0.39 is 0 Å². The first-order valence-corrected chi connectivity index (χ1v) is 4.03.